The number of carbonyl (C=O) groups is 1. The first-order chi connectivity index (χ1) is 18.4. The molecular weight excluding hydrogens is 490 g/mol. The predicted octanol–water partition coefficient (Wildman–Crippen LogP) is 6.39. The molecule has 0 aliphatic carbocycles. The van der Waals surface area contributed by atoms with Gasteiger partial charge in [0.25, 0.3) is 0 Å². The average Bonchev–Trinajstić information content (AvgIpc) is 3.48. The fourth-order valence-corrected chi connectivity index (χ4v) is 4.31. The molecule has 0 spiro atoms. The van der Waals surface area contributed by atoms with Crippen molar-refractivity contribution in [2.45, 2.75) is 52.7 Å². The molecule has 1 aromatic carbocycles. The Kier molecular flexibility index (Phi) is 6.39. The zero-order chi connectivity index (χ0) is 27.9. The summed E-state index contributed by atoms with van der Waals surface area (Å²) in [6, 6.07) is 11.7. The van der Waals surface area contributed by atoms with E-state index in [1.807, 2.05) is 51.4 Å². The zero-order valence-electron chi connectivity index (χ0n) is 23.2. The highest BCUT2D eigenvalue weighted by Gasteiger charge is 2.23. The van der Waals surface area contributed by atoms with E-state index in [1.165, 1.54) is 4.57 Å². The summed E-state index contributed by atoms with van der Waals surface area (Å²) in [6.07, 6.45) is 6.48. The van der Waals surface area contributed by atoms with Crippen molar-refractivity contribution in [1.82, 2.24) is 24.1 Å². The van der Waals surface area contributed by atoms with Gasteiger partial charge in [-0.25, -0.2) is 24.3 Å². The van der Waals surface area contributed by atoms with E-state index < -0.39 is 11.7 Å². The first kappa shape index (κ1) is 26.0. The molecular formula is C31H31N5O3. The van der Waals surface area contributed by atoms with Crippen LogP contribution in [0.4, 0.5) is 4.79 Å². The average molecular weight is 522 g/mol. The topological polar surface area (TPSA) is 84.1 Å². The highest BCUT2D eigenvalue weighted by molar-refractivity contribution is 6.00. The molecule has 198 valence electrons. The molecule has 5 rings (SSSR count). The second-order valence-electron chi connectivity index (χ2n) is 11.3. The Hall–Kier alpha value is -4.64. The van der Waals surface area contributed by atoms with Crippen LogP contribution in [0.5, 0.6) is 5.88 Å². The number of pyridine rings is 2. The van der Waals surface area contributed by atoms with Crippen molar-refractivity contribution >= 4 is 28.2 Å². The molecule has 4 aromatic heterocycles. The van der Waals surface area contributed by atoms with E-state index in [9.17, 15) is 4.79 Å². The van der Waals surface area contributed by atoms with E-state index in [4.69, 9.17) is 9.47 Å². The maximum atomic E-state index is 13.2. The van der Waals surface area contributed by atoms with E-state index in [0.29, 0.717) is 17.1 Å². The second kappa shape index (κ2) is 9.59. The molecule has 0 bridgehead atoms. The zero-order valence-corrected chi connectivity index (χ0v) is 23.2. The van der Waals surface area contributed by atoms with Crippen LogP contribution in [0.1, 0.15) is 52.7 Å². The smallest absolute Gasteiger partial charge is 0.420 e. The Morgan fingerprint density at radius 3 is 2.41 bits per heavy atom. The molecule has 0 saturated heterocycles. The number of ether oxygens (including phenoxy) is 2. The Balaban J connectivity index is 1.67. The van der Waals surface area contributed by atoms with Crippen LogP contribution < -0.4 is 4.74 Å². The number of fused-ring (bicyclic) bond motifs is 2. The van der Waals surface area contributed by atoms with E-state index in [-0.39, 0.29) is 5.54 Å². The molecule has 0 amide bonds. The molecule has 0 fully saturated rings. The maximum absolute atomic E-state index is 13.2. The lowest BCUT2D eigenvalue weighted by atomic mass is 10.0. The Morgan fingerprint density at radius 2 is 1.69 bits per heavy atom. The number of imidazole rings is 1. The molecule has 5 aromatic rings. The molecule has 0 N–H and O–H groups in total. The lowest BCUT2D eigenvalue weighted by molar-refractivity contribution is 0.0543. The minimum atomic E-state index is -0.650. The molecule has 39 heavy (non-hydrogen) atoms. The van der Waals surface area contributed by atoms with Crippen LogP contribution in [0.25, 0.3) is 33.2 Å². The van der Waals surface area contributed by atoms with Gasteiger partial charge < -0.3 is 14.0 Å². The summed E-state index contributed by atoms with van der Waals surface area (Å²) in [5.74, 6) is 6.82. The molecule has 0 radical (unpaired) electrons. The number of carbonyl (C=O) groups excluding carboxylic acids is 1. The standard InChI is InChI=1S/C31H31N5O3/c1-30(2,3)36-19-34-25-11-10-22(16-26(25)36)24-18-35(29(37)39-31(4,5)6)28-23(24)14-21(17-33-28)9-8-20-12-13-32-27(15-20)38-7/h10-19H,1-7H3. The summed E-state index contributed by atoms with van der Waals surface area (Å²) in [6.45, 7) is 11.9. The third kappa shape index (κ3) is 5.34. The van der Waals surface area contributed by atoms with Gasteiger partial charge in [-0.2, -0.15) is 0 Å². The van der Waals surface area contributed by atoms with Crippen LogP contribution >= 0.6 is 0 Å². The minimum Gasteiger partial charge on any atom is -0.481 e. The van der Waals surface area contributed by atoms with Crippen LogP contribution in [-0.2, 0) is 10.3 Å². The van der Waals surface area contributed by atoms with Crippen LogP contribution in [0.15, 0.2) is 61.3 Å². The summed E-state index contributed by atoms with van der Waals surface area (Å²) in [7, 11) is 1.57. The number of hydrogen-bond donors (Lipinski definition) is 0. The van der Waals surface area contributed by atoms with Gasteiger partial charge in [0.2, 0.25) is 5.88 Å². The summed E-state index contributed by atoms with van der Waals surface area (Å²) in [5, 5.41) is 0.793. The largest absolute Gasteiger partial charge is 0.481 e. The molecule has 8 nitrogen and oxygen atoms in total. The third-order valence-corrected chi connectivity index (χ3v) is 6.11. The summed E-state index contributed by atoms with van der Waals surface area (Å²) >= 11 is 0. The van der Waals surface area contributed by atoms with Crippen molar-refractivity contribution in [2.24, 2.45) is 0 Å². The number of aromatic nitrogens is 5. The lowest BCUT2D eigenvalue weighted by Gasteiger charge is -2.21. The van der Waals surface area contributed by atoms with Crippen LogP contribution in [0.3, 0.4) is 0 Å². The Morgan fingerprint density at radius 1 is 0.923 bits per heavy atom. The maximum Gasteiger partial charge on any atom is 0.420 e. The Bertz CT molecular complexity index is 1770. The summed E-state index contributed by atoms with van der Waals surface area (Å²) < 4.78 is 14.5. The highest BCUT2D eigenvalue weighted by Crippen LogP contribution is 2.33. The first-order valence-corrected chi connectivity index (χ1v) is 12.7. The number of methoxy groups -OCH3 is 1. The Labute approximate surface area is 227 Å². The van der Waals surface area contributed by atoms with Crippen LogP contribution in [0.2, 0.25) is 0 Å². The van der Waals surface area contributed by atoms with Crippen molar-refractivity contribution in [3.05, 3.63) is 72.4 Å². The minimum absolute atomic E-state index is 0.141. The van der Waals surface area contributed by atoms with Crippen molar-refractivity contribution < 1.29 is 14.3 Å². The third-order valence-electron chi connectivity index (χ3n) is 6.11. The van der Waals surface area contributed by atoms with Gasteiger partial charge in [0.05, 0.1) is 24.5 Å². The van der Waals surface area contributed by atoms with Gasteiger partial charge in [0.15, 0.2) is 0 Å². The van der Waals surface area contributed by atoms with Gasteiger partial charge in [-0.05, 0) is 71.4 Å². The van der Waals surface area contributed by atoms with Gasteiger partial charge >= 0.3 is 6.09 Å². The van der Waals surface area contributed by atoms with Crippen molar-refractivity contribution in [3.63, 3.8) is 0 Å². The molecule has 0 aliphatic rings. The second-order valence-corrected chi connectivity index (χ2v) is 11.3. The number of hydrogen-bond acceptors (Lipinski definition) is 6. The van der Waals surface area contributed by atoms with E-state index in [2.05, 4.69) is 58.2 Å². The van der Waals surface area contributed by atoms with Crippen molar-refractivity contribution in [2.75, 3.05) is 7.11 Å². The fraction of sp³-hybridized carbons (Fsp3) is 0.290. The van der Waals surface area contributed by atoms with E-state index in [1.54, 1.807) is 31.8 Å². The monoisotopic (exact) mass is 521 g/mol. The quantitative estimate of drug-likeness (QED) is 0.250. The molecule has 8 heteroatoms. The van der Waals surface area contributed by atoms with Gasteiger partial charge in [0, 0.05) is 52.3 Å². The number of nitrogens with zero attached hydrogens (tertiary/aromatic N) is 5. The molecule has 0 atom stereocenters. The SMILES string of the molecule is COc1cc(C#Cc2cnc3c(c2)c(-c2ccc4ncn(C(C)(C)C)c4c2)cn3C(=O)OC(C)(C)C)ccn1. The van der Waals surface area contributed by atoms with Gasteiger partial charge in [-0.3, -0.25) is 0 Å². The number of benzene rings is 1. The molecule has 0 aliphatic heterocycles. The summed E-state index contributed by atoms with van der Waals surface area (Å²) in [5.41, 5.74) is 4.89. The molecule has 4 heterocycles. The lowest BCUT2D eigenvalue weighted by Crippen LogP contribution is -2.26. The fourth-order valence-electron chi connectivity index (χ4n) is 4.31. The van der Waals surface area contributed by atoms with E-state index >= 15 is 0 Å². The van der Waals surface area contributed by atoms with Gasteiger partial charge in [-0.1, -0.05) is 17.9 Å². The molecule has 0 saturated carbocycles. The van der Waals surface area contributed by atoms with Gasteiger partial charge in [-0.15, -0.1) is 0 Å². The first-order valence-electron chi connectivity index (χ1n) is 12.7. The van der Waals surface area contributed by atoms with Crippen LogP contribution in [0, 0.1) is 11.8 Å². The van der Waals surface area contributed by atoms with Gasteiger partial charge in [0.1, 0.15) is 11.2 Å². The van der Waals surface area contributed by atoms with Crippen LogP contribution in [-0.4, -0.2) is 42.9 Å². The highest BCUT2D eigenvalue weighted by atomic mass is 16.6. The summed E-state index contributed by atoms with van der Waals surface area (Å²) in [4.78, 5) is 26.5. The van der Waals surface area contributed by atoms with E-state index in [0.717, 1.165) is 33.1 Å². The van der Waals surface area contributed by atoms with Crippen molar-refractivity contribution in [1.29, 1.82) is 0 Å². The van der Waals surface area contributed by atoms with Crippen molar-refractivity contribution in [3.8, 4) is 28.8 Å². The molecule has 0 unspecified atom stereocenters. The number of rotatable bonds is 2. The predicted molar refractivity (Wildman–Crippen MR) is 152 cm³/mol. The normalized spacial score (nSPS) is 11.9.